The van der Waals surface area contributed by atoms with E-state index in [1.165, 1.54) is 31.2 Å². The molecular formula is C16H13F3O2. The first kappa shape index (κ1) is 15.1. The number of ketones is 1. The number of aryl methyl sites for hydroxylation is 1. The van der Waals surface area contributed by atoms with Crippen molar-refractivity contribution in [1.29, 1.82) is 0 Å². The maximum Gasteiger partial charge on any atom is 0.203 e. The van der Waals surface area contributed by atoms with Gasteiger partial charge in [0, 0.05) is 5.56 Å². The topological polar surface area (TPSA) is 26.3 Å². The number of hydrogen-bond donors (Lipinski definition) is 0. The van der Waals surface area contributed by atoms with Gasteiger partial charge in [0.25, 0.3) is 0 Å². The monoisotopic (exact) mass is 294 g/mol. The fourth-order valence-electron chi connectivity index (χ4n) is 1.83. The summed E-state index contributed by atoms with van der Waals surface area (Å²) in [6.45, 7) is 3.06. The van der Waals surface area contributed by atoms with Crippen LogP contribution >= 0.6 is 0 Å². The summed E-state index contributed by atoms with van der Waals surface area (Å²) in [6.07, 6.45) is -0.903. The van der Waals surface area contributed by atoms with Gasteiger partial charge in [-0.1, -0.05) is 0 Å². The molecule has 0 fully saturated rings. The van der Waals surface area contributed by atoms with Crippen LogP contribution in [0, 0.1) is 24.4 Å². The molecule has 0 amide bonds. The van der Waals surface area contributed by atoms with Crippen LogP contribution < -0.4 is 4.74 Å². The Hall–Kier alpha value is -2.30. The molecule has 2 rings (SSSR count). The number of carbonyl (C=O) groups excluding carboxylic acids is 1. The van der Waals surface area contributed by atoms with Crippen molar-refractivity contribution >= 4 is 5.78 Å². The summed E-state index contributed by atoms with van der Waals surface area (Å²) in [7, 11) is 0. The van der Waals surface area contributed by atoms with Crippen molar-refractivity contribution < 1.29 is 22.7 Å². The molecule has 0 aliphatic rings. The first-order chi connectivity index (χ1) is 9.88. The number of carbonyl (C=O) groups is 1. The van der Waals surface area contributed by atoms with Crippen molar-refractivity contribution in [2.45, 2.75) is 20.0 Å². The van der Waals surface area contributed by atoms with Crippen molar-refractivity contribution in [3.63, 3.8) is 0 Å². The van der Waals surface area contributed by atoms with Crippen molar-refractivity contribution in [2.24, 2.45) is 0 Å². The van der Waals surface area contributed by atoms with Crippen LogP contribution in [0.25, 0.3) is 0 Å². The van der Waals surface area contributed by atoms with E-state index in [0.717, 1.165) is 12.1 Å². The third-order valence-corrected chi connectivity index (χ3v) is 3.02. The number of benzene rings is 2. The average molecular weight is 294 g/mol. The standard InChI is InChI=1S/C16H13F3O2/c1-9-7-12(4-6-13(9)17)21-10(2)16(20)11-3-5-14(18)15(19)8-11/h3-8,10H,1-2H3. The van der Waals surface area contributed by atoms with Crippen molar-refractivity contribution in [3.8, 4) is 5.75 Å². The molecule has 1 atom stereocenters. The van der Waals surface area contributed by atoms with E-state index in [-0.39, 0.29) is 11.4 Å². The quantitative estimate of drug-likeness (QED) is 0.795. The summed E-state index contributed by atoms with van der Waals surface area (Å²) in [4.78, 5) is 12.1. The third-order valence-electron chi connectivity index (χ3n) is 3.02. The molecular weight excluding hydrogens is 281 g/mol. The fraction of sp³-hybridized carbons (Fsp3) is 0.188. The third kappa shape index (κ3) is 3.42. The van der Waals surface area contributed by atoms with Crippen LogP contribution in [0.15, 0.2) is 36.4 Å². The van der Waals surface area contributed by atoms with Gasteiger partial charge >= 0.3 is 0 Å². The highest BCUT2D eigenvalue weighted by atomic mass is 19.2. The summed E-state index contributed by atoms with van der Waals surface area (Å²) < 4.78 is 44.5. The predicted molar refractivity (Wildman–Crippen MR) is 71.9 cm³/mol. The zero-order valence-corrected chi connectivity index (χ0v) is 11.5. The van der Waals surface area contributed by atoms with Gasteiger partial charge in [-0.25, -0.2) is 13.2 Å². The summed E-state index contributed by atoms with van der Waals surface area (Å²) in [5.41, 5.74) is 0.403. The molecule has 2 nitrogen and oxygen atoms in total. The molecule has 110 valence electrons. The van der Waals surface area contributed by atoms with Gasteiger partial charge in [0.15, 0.2) is 17.7 Å². The van der Waals surface area contributed by atoms with Crippen LogP contribution in [-0.4, -0.2) is 11.9 Å². The molecule has 21 heavy (non-hydrogen) atoms. The molecule has 2 aromatic rings. The second-order valence-corrected chi connectivity index (χ2v) is 4.66. The Labute approximate surface area is 120 Å². The van der Waals surface area contributed by atoms with Gasteiger partial charge in [-0.05, 0) is 55.8 Å². The van der Waals surface area contributed by atoms with Crippen LogP contribution in [0.3, 0.4) is 0 Å². The zero-order chi connectivity index (χ0) is 15.6. The van der Waals surface area contributed by atoms with Gasteiger partial charge in [-0.15, -0.1) is 0 Å². The van der Waals surface area contributed by atoms with E-state index in [0.29, 0.717) is 11.3 Å². The maximum atomic E-state index is 13.1. The Bertz CT molecular complexity index is 683. The average Bonchev–Trinajstić information content (AvgIpc) is 2.45. The molecule has 0 spiro atoms. The van der Waals surface area contributed by atoms with E-state index >= 15 is 0 Å². The maximum absolute atomic E-state index is 13.1. The molecule has 1 unspecified atom stereocenters. The van der Waals surface area contributed by atoms with Crippen molar-refractivity contribution in [1.82, 2.24) is 0 Å². The SMILES string of the molecule is Cc1cc(OC(C)C(=O)c2ccc(F)c(F)c2)ccc1F. The van der Waals surface area contributed by atoms with Crippen LogP contribution in [-0.2, 0) is 0 Å². The van der Waals surface area contributed by atoms with Gasteiger partial charge in [0.05, 0.1) is 0 Å². The van der Waals surface area contributed by atoms with E-state index in [9.17, 15) is 18.0 Å². The Kier molecular flexibility index (Phi) is 4.31. The summed E-state index contributed by atoms with van der Waals surface area (Å²) in [5.74, 6) is -2.64. The van der Waals surface area contributed by atoms with E-state index in [1.54, 1.807) is 6.92 Å². The minimum absolute atomic E-state index is 0.0141. The zero-order valence-electron chi connectivity index (χ0n) is 11.5. The molecule has 2 aromatic carbocycles. The lowest BCUT2D eigenvalue weighted by Gasteiger charge is -2.14. The predicted octanol–water partition coefficient (Wildman–Crippen LogP) is 4.06. The minimum Gasteiger partial charge on any atom is -0.483 e. The first-order valence-corrected chi connectivity index (χ1v) is 6.30. The molecule has 0 aliphatic carbocycles. The van der Waals surface area contributed by atoms with Crippen LogP contribution in [0.4, 0.5) is 13.2 Å². The molecule has 5 heteroatoms. The van der Waals surface area contributed by atoms with E-state index in [4.69, 9.17) is 4.74 Å². The number of halogens is 3. The summed E-state index contributed by atoms with van der Waals surface area (Å²) in [5, 5.41) is 0. The summed E-state index contributed by atoms with van der Waals surface area (Å²) >= 11 is 0. The smallest absolute Gasteiger partial charge is 0.203 e. The van der Waals surface area contributed by atoms with Crippen LogP contribution in [0.5, 0.6) is 5.75 Å². The second kappa shape index (κ2) is 5.99. The van der Waals surface area contributed by atoms with Gasteiger partial charge in [0.1, 0.15) is 11.6 Å². The lowest BCUT2D eigenvalue weighted by molar-refractivity contribution is 0.0817. The van der Waals surface area contributed by atoms with Crippen molar-refractivity contribution in [3.05, 3.63) is 65.0 Å². The van der Waals surface area contributed by atoms with E-state index in [1.807, 2.05) is 0 Å². The van der Waals surface area contributed by atoms with Gasteiger partial charge in [-0.3, -0.25) is 4.79 Å². The van der Waals surface area contributed by atoms with Crippen LogP contribution in [0.2, 0.25) is 0 Å². The highest BCUT2D eigenvalue weighted by Crippen LogP contribution is 2.19. The van der Waals surface area contributed by atoms with Gasteiger partial charge < -0.3 is 4.74 Å². The molecule has 0 N–H and O–H groups in total. The molecule has 0 bridgehead atoms. The van der Waals surface area contributed by atoms with Crippen molar-refractivity contribution in [2.75, 3.05) is 0 Å². The van der Waals surface area contributed by atoms with E-state index in [2.05, 4.69) is 0 Å². The lowest BCUT2D eigenvalue weighted by atomic mass is 10.1. The number of rotatable bonds is 4. The fourth-order valence-corrected chi connectivity index (χ4v) is 1.83. The molecule has 0 aliphatic heterocycles. The number of Topliss-reactive ketones (excluding diaryl/α,β-unsaturated/α-hetero) is 1. The minimum atomic E-state index is -1.09. The number of ether oxygens (including phenoxy) is 1. The van der Waals surface area contributed by atoms with Gasteiger partial charge in [-0.2, -0.15) is 0 Å². The molecule has 0 saturated carbocycles. The largest absolute Gasteiger partial charge is 0.483 e. The van der Waals surface area contributed by atoms with Gasteiger partial charge in [0.2, 0.25) is 5.78 Å². The summed E-state index contributed by atoms with van der Waals surface area (Å²) in [6, 6.07) is 7.00. The lowest BCUT2D eigenvalue weighted by Crippen LogP contribution is -2.24. The highest BCUT2D eigenvalue weighted by Gasteiger charge is 2.18. The Balaban J connectivity index is 2.15. The number of hydrogen-bond acceptors (Lipinski definition) is 2. The highest BCUT2D eigenvalue weighted by molar-refractivity contribution is 5.99. The normalized spacial score (nSPS) is 12.0. The van der Waals surface area contributed by atoms with Crippen LogP contribution in [0.1, 0.15) is 22.8 Å². The Morgan fingerprint density at radius 3 is 2.29 bits per heavy atom. The Morgan fingerprint density at radius 1 is 1.00 bits per heavy atom. The Morgan fingerprint density at radius 2 is 1.67 bits per heavy atom. The molecule has 0 saturated heterocycles. The molecule has 0 heterocycles. The molecule has 0 radical (unpaired) electrons. The first-order valence-electron chi connectivity index (χ1n) is 6.30. The second-order valence-electron chi connectivity index (χ2n) is 4.66. The molecule has 0 aromatic heterocycles. The van der Waals surface area contributed by atoms with E-state index < -0.39 is 23.5 Å².